The maximum atomic E-state index is 13.4. The Hall–Kier alpha value is -1.85. The molecule has 0 saturated heterocycles. The van der Waals surface area contributed by atoms with Crippen LogP contribution in [0.1, 0.15) is 12.7 Å². The van der Waals surface area contributed by atoms with E-state index in [1.165, 1.54) is 18.4 Å². The third kappa shape index (κ3) is 1.79. The zero-order valence-electron chi connectivity index (χ0n) is 9.22. The van der Waals surface area contributed by atoms with Crippen LogP contribution in [0, 0.1) is 24.4 Å². The van der Waals surface area contributed by atoms with Gasteiger partial charge in [0.1, 0.15) is 17.1 Å². The molecule has 1 aromatic carbocycles. The quantitative estimate of drug-likeness (QED) is 0.757. The Labute approximate surface area is 94.9 Å². The Kier molecular flexibility index (Phi) is 2.65. The first-order valence-corrected chi connectivity index (χ1v) is 4.91. The van der Waals surface area contributed by atoms with Crippen molar-refractivity contribution in [3.63, 3.8) is 0 Å². The number of aromatic nitrogens is 2. The summed E-state index contributed by atoms with van der Waals surface area (Å²) in [5, 5.41) is 0. The summed E-state index contributed by atoms with van der Waals surface area (Å²) in [5.74, 6) is -4.02. The normalized spacial score (nSPS) is 11.1. The van der Waals surface area contributed by atoms with Crippen molar-refractivity contribution in [2.24, 2.45) is 0 Å². The second-order valence-electron chi connectivity index (χ2n) is 3.80. The van der Waals surface area contributed by atoms with Gasteiger partial charge in [-0.25, -0.2) is 18.2 Å². The van der Waals surface area contributed by atoms with E-state index in [0.717, 1.165) is 6.07 Å². The number of fused-ring (bicyclic) bond motifs is 1. The van der Waals surface area contributed by atoms with Gasteiger partial charge < -0.3 is 4.57 Å². The first-order valence-electron chi connectivity index (χ1n) is 4.91. The number of hydrogen-bond acceptors (Lipinski definition) is 2. The van der Waals surface area contributed by atoms with Crippen LogP contribution >= 0.6 is 0 Å². The summed E-state index contributed by atoms with van der Waals surface area (Å²) in [7, 11) is 0. The van der Waals surface area contributed by atoms with Gasteiger partial charge in [-0.05, 0) is 13.8 Å². The smallest absolute Gasteiger partial charge is 0.196 e. The Morgan fingerprint density at radius 1 is 1.35 bits per heavy atom. The number of benzene rings is 1. The van der Waals surface area contributed by atoms with Crippen LogP contribution < -0.4 is 0 Å². The molecule has 1 aromatic heterocycles. The molecule has 90 valence electrons. The third-order valence-corrected chi connectivity index (χ3v) is 2.45. The van der Waals surface area contributed by atoms with Crippen LogP contribution in [0.5, 0.6) is 0 Å². The molecule has 0 amide bonds. The Morgan fingerprint density at radius 2 is 2.00 bits per heavy atom. The molecule has 0 aliphatic rings. The van der Waals surface area contributed by atoms with Gasteiger partial charge in [-0.15, -0.1) is 0 Å². The molecule has 6 heteroatoms. The van der Waals surface area contributed by atoms with Gasteiger partial charge in [0.15, 0.2) is 17.5 Å². The highest BCUT2D eigenvalue weighted by Crippen LogP contribution is 2.23. The largest absolute Gasteiger partial charge is 0.321 e. The molecule has 0 spiro atoms. The summed E-state index contributed by atoms with van der Waals surface area (Å²) >= 11 is 0. The molecular weight excluding hydrogens is 233 g/mol. The second-order valence-corrected chi connectivity index (χ2v) is 3.80. The van der Waals surface area contributed by atoms with E-state index >= 15 is 0 Å². The minimum absolute atomic E-state index is 0.0488. The number of Topliss-reactive ketones (excluding diaryl/α,β-unsaturated/α-hetero) is 1. The van der Waals surface area contributed by atoms with E-state index in [1.807, 2.05) is 0 Å². The summed E-state index contributed by atoms with van der Waals surface area (Å²) in [6.07, 6.45) is 0. The first-order chi connectivity index (χ1) is 7.91. The number of nitrogens with zero attached hydrogens (tertiary/aromatic N) is 2. The van der Waals surface area contributed by atoms with Gasteiger partial charge in [-0.2, -0.15) is 0 Å². The molecule has 0 atom stereocenters. The predicted molar refractivity (Wildman–Crippen MR) is 55.0 cm³/mol. The SMILES string of the molecule is CC(=O)Cn1c(C)nc2c(F)c(F)c(F)cc21. The van der Waals surface area contributed by atoms with Crippen molar-refractivity contribution in [1.82, 2.24) is 9.55 Å². The molecule has 0 unspecified atom stereocenters. The van der Waals surface area contributed by atoms with Gasteiger partial charge in [0.2, 0.25) is 0 Å². The summed E-state index contributed by atoms with van der Waals surface area (Å²) in [5.41, 5.74) is -0.184. The molecule has 1 heterocycles. The number of aryl methyl sites for hydroxylation is 1. The maximum Gasteiger partial charge on any atom is 0.196 e. The van der Waals surface area contributed by atoms with Crippen LogP contribution in [0.3, 0.4) is 0 Å². The van der Waals surface area contributed by atoms with Crippen LogP contribution in [0.15, 0.2) is 6.07 Å². The second kappa shape index (κ2) is 3.87. The fraction of sp³-hybridized carbons (Fsp3) is 0.273. The average molecular weight is 242 g/mol. The van der Waals surface area contributed by atoms with Gasteiger partial charge >= 0.3 is 0 Å². The van der Waals surface area contributed by atoms with Crippen molar-refractivity contribution in [2.45, 2.75) is 20.4 Å². The Morgan fingerprint density at radius 3 is 2.59 bits per heavy atom. The van der Waals surface area contributed by atoms with Crippen molar-refractivity contribution >= 4 is 16.8 Å². The highest BCUT2D eigenvalue weighted by atomic mass is 19.2. The zero-order valence-corrected chi connectivity index (χ0v) is 9.22. The molecule has 0 aliphatic heterocycles. The van der Waals surface area contributed by atoms with E-state index in [-0.39, 0.29) is 23.4 Å². The van der Waals surface area contributed by atoms with Gasteiger partial charge in [0.05, 0.1) is 12.1 Å². The number of rotatable bonds is 2. The molecule has 0 N–H and O–H groups in total. The van der Waals surface area contributed by atoms with Crippen molar-refractivity contribution in [3.8, 4) is 0 Å². The number of carbonyl (C=O) groups is 1. The zero-order chi connectivity index (χ0) is 12.7. The van der Waals surface area contributed by atoms with Gasteiger partial charge in [0, 0.05) is 6.07 Å². The Balaban J connectivity index is 2.78. The minimum Gasteiger partial charge on any atom is -0.321 e. The lowest BCUT2D eigenvalue weighted by atomic mass is 10.2. The van der Waals surface area contributed by atoms with Crippen LogP contribution in [0.25, 0.3) is 11.0 Å². The molecular formula is C11H9F3N2O. The Bertz CT molecular complexity index is 619. The maximum absolute atomic E-state index is 13.4. The van der Waals surface area contributed by atoms with Gasteiger partial charge in [-0.3, -0.25) is 4.79 Å². The van der Waals surface area contributed by atoms with Crippen molar-refractivity contribution in [2.75, 3.05) is 0 Å². The number of halogens is 3. The van der Waals surface area contributed by atoms with Crippen LogP contribution in [0.4, 0.5) is 13.2 Å². The molecule has 17 heavy (non-hydrogen) atoms. The fourth-order valence-corrected chi connectivity index (χ4v) is 1.70. The molecule has 0 saturated carbocycles. The molecule has 0 fully saturated rings. The van der Waals surface area contributed by atoms with Crippen molar-refractivity contribution < 1.29 is 18.0 Å². The van der Waals surface area contributed by atoms with E-state index in [2.05, 4.69) is 4.98 Å². The highest BCUT2D eigenvalue weighted by molar-refractivity contribution is 5.81. The summed E-state index contributed by atoms with van der Waals surface area (Å²) in [4.78, 5) is 14.8. The number of carbonyl (C=O) groups excluding carboxylic acids is 1. The topological polar surface area (TPSA) is 34.9 Å². The summed E-state index contributed by atoms with van der Waals surface area (Å²) in [6, 6.07) is 0.844. The van der Waals surface area contributed by atoms with Gasteiger partial charge in [-0.1, -0.05) is 0 Å². The van der Waals surface area contributed by atoms with E-state index in [4.69, 9.17) is 0 Å². The molecule has 0 bridgehead atoms. The lowest BCUT2D eigenvalue weighted by molar-refractivity contribution is -0.117. The van der Waals surface area contributed by atoms with Crippen LogP contribution in [0.2, 0.25) is 0 Å². The molecule has 0 radical (unpaired) electrons. The van der Waals surface area contributed by atoms with E-state index in [0.29, 0.717) is 5.82 Å². The highest BCUT2D eigenvalue weighted by Gasteiger charge is 2.19. The first kappa shape index (κ1) is 11.6. The standard InChI is InChI=1S/C11H9F3N2O/c1-5(17)4-16-6(2)15-11-8(16)3-7(12)9(13)10(11)14/h3H,4H2,1-2H3. The monoisotopic (exact) mass is 242 g/mol. The van der Waals surface area contributed by atoms with E-state index in [9.17, 15) is 18.0 Å². The van der Waals surface area contributed by atoms with E-state index < -0.39 is 17.5 Å². The molecule has 3 nitrogen and oxygen atoms in total. The summed E-state index contributed by atoms with van der Waals surface area (Å²) in [6.45, 7) is 2.84. The number of hydrogen-bond donors (Lipinski definition) is 0. The van der Waals surface area contributed by atoms with Crippen molar-refractivity contribution in [3.05, 3.63) is 29.3 Å². The summed E-state index contributed by atoms with van der Waals surface area (Å²) < 4.78 is 40.9. The van der Waals surface area contributed by atoms with Crippen LogP contribution in [-0.2, 0) is 11.3 Å². The predicted octanol–water partition coefficient (Wildman–Crippen LogP) is 2.35. The van der Waals surface area contributed by atoms with Gasteiger partial charge in [0.25, 0.3) is 0 Å². The number of ketones is 1. The average Bonchev–Trinajstić information content (AvgIpc) is 2.53. The number of imidazole rings is 1. The lowest BCUT2D eigenvalue weighted by Crippen LogP contribution is -2.08. The molecule has 0 aliphatic carbocycles. The molecule has 2 rings (SSSR count). The van der Waals surface area contributed by atoms with Crippen LogP contribution in [-0.4, -0.2) is 15.3 Å². The minimum atomic E-state index is -1.55. The van der Waals surface area contributed by atoms with Crippen molar-refractivity contribution in [1.29, 1.82) is 0 Å². The molecule has 2 aromatic rings. The lowest BCUT2D eigenvalue weighted by Gasteiger charge is -2.04. The third-order valence-electron chi connectivity index (χ3n) is 2.45. The fourth-order valence-electron chi connectivity index (χ4n) is 1.70. The van der Waals surface area contributed by atoms with E-state index in [1.54, 1.807) is 0 Å².